The van der Waals surface area contributed by atoms with Crippen molar-refractivity contribution in [1.82, 2.24) is 4.98 Å². The third-order valence-electron chi connectivity index (χ3n) is 3.15. The summed E-state index contributed by atoms with van der Waals surface area (Å²) in [4.78, 5) is 16.6. The highest BCUT2D eigenvalue weighted by Gasteiger charge is 2.18. The van der Waals surface area contributed by atoms with E-state index < -0.39 is 6.10 Å². The number of hydrogen-bond donors (Lipinski definition) is 1. The Balaban J connectivity index is 1.70. The number of thiazole rings is 1. The Morgan fingerprint density at radius 1 is 1.17 bits per heavy atom. The maximum Gasteiger partial charge on any atom is 0.266 e. The molecular weight excluding hydrogens is 391 g/mol. The molecule has 3 rings (SSSR count). The van der Waals surface area contributed by atoms with Crippen LogP contribution in [0.25, 0.3) is 10.2 Å². The summed E-state index contributed by atoms with van der Waals surface area (Å²) in [6, 6.07) is 10.2. The zero-order valence-corrected chi connectivity index (χ0v) is 15.4. The summed E-state index contributed by atoms with van der Waals surface area (Å²) >= 11 is 19.2. The van der Waals surface area contributed by atoms with Gasteiger partial charge in [-0.2, -0.15) is 0 Å². The van der Waals surface area contributed by atoms with Gasteiger partial charge in [-0.1, -0.05) is 46.1 Å². The average Bonchev–Trinajstić information content (AvgIpc) is 2.91. The molecule has 0 aliphatic carbocycles. The fourth-order valence-electron chi connectivity index (χ4n) is 1.97. The Bertz CT molecular complexity index is 913. The summed E-state index contributed by atoms with van der Waals surface area (Å²) in [6.45, 7) is 1.63. The predicted octanol–water partition coefficient (Wildman–Crippen LogP) is 5.66. The third kappa shape index (κ3) is 3.92. The first-order valence-electron chi connectivity index (χ1n) is 6.91. The zero-order valence-electron chi connectivity index (χ0n) is 12.3. The van der Waals surface area contributed by atoms with Crippen molar-refractivity contribution in [2.75, 3.05) is 5.32 Å². The molecule has 0 aliphatic heterocycles. The number of aromatic nitrogens is 1. The van der Waals surface area contributed by atoms with Gasteiger partial charge in [0, 0.05) is 10.0 Å². The summed E-state index contributed by atoms with van der Waals surface area (Å²) in [6.07, 6.45) is -0.751. The Kier molecular flexibility index (Phi) is 5.15. The van der Waals surface area contributed by atoms with E-state index in [4.69, 9.17) is 39.5 Å². The number of hydrogen-bond acceptors (Lipinski definition) is 4. The number of carbonyl (C=O) groups is 1. The zero-order chi connectivity index (χ0) is 17.3. The van der Waals surface area contributed by atoms with Crippen molar-refractivity contribution in [3.63, 3.8) is 0 Å². The Morgan fingerprint density at radius 3 is 2.62 bits per heavy atom. The molecule has 8 heteroatoms. The van der Waals surface area contributed by atoms with Gasteiger partial charge in [-0.25, -0.2) is 4.98 Å². The number of halogens is 3. The fraction of sp³-hybridized carbons (Fsp3) is 0.125. The second-order valence-electron chi connectivity index (χ2n) is 4.96. The quantitative estimate of drug-likeness (QED) is 0.613. The van der Waals surface area contributed by atoms with E-state index in [1.165, 1.54) is 11.3 Å². The minimum atomic E-state index is -0.751. The molecule has 3 aromatic rings. The van der Waals surface area contributed by atoms with Crippen molar-refractivity contribution < 1.29 is 9.53 Å². The highest BCUT2D eigenvalue weighted by Crippen LogP contribution is 2.30. The summed E-state index contributed by atoms with van der Waals surface area (Å²) in [5, 5.41) is 4.68. The number of benzene rings is 2. The van der Waals surface area contributed by atoms with Gasteiger partial charge in [-0.05, 0) is 43.3 Å². The average molecular weight is 402 g/mol. The molecule has 1 atom stereocenters. The number of amides is 1. The SMILES string of the molecule is C[C@@H](Oc1ccc(Cl)cc1Cl)C(=O)Nc1nc2ccc(Cl)cc2s1. The van der Waals surface area contributed by atoms with E-state index in [0.29, 0.717) is 25.9 Å². The second-order valence-corrected chi connectivity index (χ2v) is 7.27. The van der Waals surface area contributed by atoms with Crippen molar-refractivity contribution in [3.05, 3.63) is 51.5 Å². The second kappa shape index (κ2) is 7.15. The lowest BCUT2D eigenvalue weighted by molar-refractivity contribution is -0.122. The van der Waals surface area contributed by atoms with E-state index >= 15 is 0 Å². The van der Waals surface area contributed by atoms with Crippen LogP contribution in [0.15, 0.2) is 36.4 Å². The number of carbonyl (C=O) groups excluding carboxylic acids is 1. The van der Waals surface area contributed by atoms with E-state index in [1.807, 2.05) is 0 Å². The maximum absolute atomic E-state index is 12.3. The largest absolute Gasteiger partial charge is 0.479 e. The van der Waals surface area contributed by atoms with Gasteiger partial charge in [0.1, 0.15) is 5.75 Å². The van der Waals surface area contributed by atoms with E-state index in [2.05, 4.69) is 10.3 Å². The highest BCUT2D eigenvalue weighted by molar-refractivity contribution is 7.22. The van der Waals surface area contributed by atoms with Crippen LogP contribution in [0, 0.1) is 0 Å². The third-order valence-corrected chi connectivity index (χ3v) is 4.85. The number of anilines is 1. The first-order chi connectivity index (χ1) is 11.4. The lowest BCUT2D eigenvalue weighted by Gasteiger charge is -2.14. The number of nitrogens with zero attached hydrogens (tertiary/aromatic N) is 1. The first-order valence-corrected chi connectivity index (χ1v) is 8.86. The molecule has 0 aliphatic rings. The lowest BCUT2D eigenvalue weighted by atomic mass is 10.3. The molecule has 124 valence electrons. The van der Waals surface area contributed by atoms with Crippen LogP contribution < -0.4 is 10.1 Å². The van der Waals surface area contributed by atoms with Gasteiger partial charge in [0.25, 0.3) is 5.91 Å². The van der Waals surface area contributed by atoms with Crippen LogP contribution in [0.5, 0.6) is 5.75 Å². The predicted molar refractivity (Wildman–Crippen MR) is 99.8 cm³/mol. The van der Waals surface area contributed by atoms with Gasteiger partial charge in [0.2, 0.25) is 0 Å². The van der Waals surface area contributed by atoms with Crippen LogP contribution in [0.3, 0.4) is 0 Å². The summed E-state index contributed by atoms with van der Waals surface area (Å²) in [5.74, 6) is 0.0611. The topological polar surface area (TPSA) is 51.2 Å². The van der Waals surface area contributed by atoms with Crippen molar-refractivity contribution in [1.29, 1.82) is 0 Å². The van der Waals surface area contributed by atoms with Crippen LogP contribution in [0.2, 0.25) is 15.1 Å². The molecule has 1 aromatic heterocycles. The molecular formula is C16H11Cl3N2O2S. The van der Waals surface area contributed by atoms with E-state index in [9.17, 15) is 4.79 Å². The van der Waals surface area contributed by atoms with Gasteiger partial charge >= 0.3 is 0 Å². The van der Waals surface area contributed by atoms with Crippen molar-refractivity contribution in [2.45, 2.75) is 13.0 Å². The standard InChI is InChI=1S/C16H11Cl3N2O2S/c1-8(23-13-5-3-9(17)6-11(13)19)15(22)21-16-20-12-4-2-10(18)7-14(12)24-16/h2-8H,1H3,(H,20,21,22)/t8-/m1/s1. The van der Waals surface area contributed by atoms with Gasteiger partial charge < -0.3 is 4.74 Å². The molecule has 1 amide bonds. The summed E-state index contributed by atoms with van der Waals surface area (Å²) in [5.41, 5.74) is 0.772. The molecule has 1 N–H and O–H groups in total. The highest BCUT2D eigenvalue weighted by atomic mass is 35.5. The van der Waals surface area contributed by atoms with Gasteiger partial charge in [-0.3, -0.25) is 10.1 Å². The van der Waals surface area contributed by atoms with Crippen LogP contribution >= 0.6 is 46.1 Å². The van der Waals surface area contributed by atoms with Crippen LogP contribution in [0.4, 0.5) is 5.13 Å². The molecule has 0 radical (unpaired) electrons. The molecule has 0 spiro atoms. The van der Waals surface area contributed by atoms with E-state index in [-0.39, 0.29) is 5.91 Å². The van der Waals surface area contributed by atoms with Crippen molar-refractivity contribution >= 4 is 67.4 Å². The van der Waals surface area contributed by atoms with Crippen molar-refractivity contribution in [2.24, 2.45) is 0 Å². The molecule has 0 saturated carbocycles. The molecule has 0 unspecified atom stereocenters. The number of nitrogens with one attached hydrogen (secondary N) is 1. The first kappa shape index (κ1) is 17.3. The number of ether oxygens (including phenoxy) is 1. The summed E-state index contributed by atoms with van der Waals surface area (Å²) in [7, 11) is 0. The van der Waals surface area contributed by atoms with Crippen LogP contribution in [-0.2, 0) is 4.79 Å². The van der Waals surface area contributed by atoms with Gasteiger partial charge in [-0.15, -0.1) is 0 Å². The fourth-order valence-corrected chi connectivity index (χ4v) is 3.57. The molecule has 0 fully saturated rings. The molecule has 4 nitrogen and oxygen atoms in total. The number of rotatable bonds is 4. The van der Waals surface area contributed by atoms with Gasteiger partial charge in [0.15, 0.2) is 11.2 Å². The Hall–Kier alpha value is -1.53. The summed E-state index contributed by atoms with van der Waals surface area (Å²) < 4.78 is 6.48. The van der Waals surface area contributed by atoms with Crippen molar-refractivity contribution in [3.8, 4) is 5.75 Å². The molecule has 1 heterocycles. The maximum atomic E-state index is 12.3. The monoisotopic (exact) mass is 400 g/mol. The number of fused-ring (bicyclic) bond motifs is 1. The van der Waals surface area contributed by atoms with Gasteiger partial charge in [0.05, 0.1) is 15.2 Å². The molecule has 2 aromatic carbocycles. The molecule has 24 heavy (non-hydrogen) atoms. The Labute approximate surface area is 157 Å². The normalized spacial score (nSPS) is 12.2. The Morgan fingerprint density at radius 2 is 1.88 bits per heavy atom. The lowest BCUT2D eigenvalue weighted by Crippen LogP contribution is -2.30. The smallest absolute Gasteiger partial charge is 0.266 e. The molecule has 0 bridgehead atoms. The van der Waals surface area contributed by atoms with Crippen LogP contribution in [-0.4, -0.2) is 17.0 Å². The minimum Gasteiger partial charge on any atom is -0.479 e. The van der Waals surface area contributed by atoms with E-state index in [0.717, 1.165) is 10.2 Å². The minimum absolute atomic E-state index is 0.328. The van der Waals surface area contributed by atoms with E-state index in [1.54, 1.807) is 43.3 Å². The van der Waals surface area contributed by atoms with Crippen LogP contribution in [0.1, 0.15) is 6.92 Å². The molecule has 0 saturated heterocycles.